The number of nitrogens with zero attached hydrogens (tertiary/aromatic N) is 1. The van der Waals surface area contributed by atoms with Gasteiger partial charge in [-0.1, -0.05) is 6.07 Å². The van der Waals surface area contributed by atoms with Gasteiger partial charge in [0.25, 0.3) is 0 Å². The van der Waals surface area contributed by atoms with Gasteiger partial charge < -0.3 is 0 Å². The van der Waals surface area contributed by atoms with Crippen LogP contribution in [0.1, 0.15) is 30.4 Å². The van der Waals surface area contributed by atoms with Crippen molar-refractivity contribution < 1.29 is 17.2 Å². The number of sulfonamides is 1. The number of hydrogen-bond acceptors (Lipinski definition) is 3. The molecule has 0 saturated carbocycles. The summed E-state index contributed by atoms with van der Waals surface area (Å²) in [6, 6.07) is 5.19. The van der Waals surface area contributed by atoms with Crippen molar-refractivity contribution in [3.05, 3.63) is 59.4 Å². The number of primary sulfonamides is 1. The molecular formula is C16H14F2N2O2S. The summed E-state index contributed by atoms with van der Waals surface area (Å²) in [6.07, 6.45) is 5.46. The molecule has 3 rings (SSSR count). The Morgan fingerprint density at radius 1 is 1.09 bits per heavy atom. The molecule has 1 aliphatic carbocycles. The summed E-state index contributed by atoms with van der Waals surface area (Å²) in [6.45, 7) is 0. The summed E-state index contributed by atoms with van der Waals surface area (Å²) in [5.74, 6) is -1.84. The molecule has 1 aromatic heterocycles. The predicted molar refractivity (Wildman–Crippen MR) is 82.6 cm³/mol. The van der Waals surface area contributed by atoms with Crippen molar-refractivity contribution >= 4 is 21.2 Å². The Morgan fingerprint density at radius 2 is 1.83 bits per heavy atom. The lowest BCUT2D eigenvalue weighted by atomic mass is 9.97. The van der Waals surface area contributed by atoms with Crippen LogP contribution in [0.4, 0.5) is 8.78 Å². The molecule has 1 aliphatic rings. The third-order valence-electron chi connectivity index (χ3n) is 3.88. The molecule has 1 aromatic carbocycles. The van der Waals surface area contributed by atoms with Crippen LogP contribution in [0.5, 0.6) is 0 Å². The number of allylic oxidation sites excluding steroid dienone is 2. The maximum absolute atomic E-state index is 14.4. The number of halogens is 2. The van der Waals surface area contributed by atoms with Crippen LogP contribution < -0.4 is 5.14 Å². The fourth-order valence-corrected chi connectivity index (χ4v) is 3.48. The van der Waals surface area contributed by atoms with Crippen molar-refractivity contribution in [1.29, 1.82) is 0 Å². The summed E-state index contributed by atoms with van der Waals surface area (Å²) >= 11 is 0. The Morgan fingerprint density at radius 3 is 2.48 bits per heavy atom. The normalized spacial score (nSPS) is 15.3. The highest BCUT2D eigenvalue weighted by molar-refractivity contribution is 7.89. The number of pyridine rings is 1. The number of benzene rings is 1. The van der Waals surface area contributed by atoms with Crippen molar-refractivity contribution in [2.45, 2.75) is 24.2 Å². The van der Waals surface area contributed by atoms with Gasteiger partial charge in [-0.15, -0.1) is 0 Å². The van der Waals surface area contributed by atoms with Gasteiger partial charge in [-0.3, -0.25) is 4.98 Å². The molecule has 0 spiro atoms. The Balaban J connectivity index is 2.17. The summed E-state index contributed by atoms with van der Waals surface area (Å²) < 4.78 is 51.0. The zero-order chi connectivity index (χ0) is 16.6. The maximum Gasteiger partial charge on any atom is 0.241 e. The fourth-order valence-electron chi connectivity index (χ4n) is 2.88. The molecule has 23 heavy (non-hydrogen) atoms. The van der Waals surface area contributed by atoms with Crippen LogP contribution in [0.3, 0.4) is 0 Å². The molecule has 0 bridgehead atoms. The van der Waals surface area contributed by atoms with Gasteiger partial charge >= 0.3 is 0 Å². The topological polar surface area (TPSA) is 73.1 Å². The summed E-state index contributed by atoms with van der Waals surface area (Å²) in [7, 11) is -4.30. The molecular weight excluding hydrogens is 322 g/mol. The second kappa shape index (κ2) is 5.82. The molecule has 0 aliphatic heterocycles. The van der Waals surface area contributed by atoms with E-state index in [9.17, 15) is 17.2 Å². The molecule has 0 atom stereocenters. The molecule has 4 nitrogen and oxygen atoms in total. The molecule has 1 heterocycles. The highest BCUT2D eigenvalue weighted by Gasteiger charge is 2.24. The van der Waals surface area contributed by atoms with E-state index in [1.54, 1.807) is 18.5 Å². The Labute approximate surface area is 132 Å². The van der Waals surface area contributed by atoms with Crippen molar-refractivity contribution in [2.24, 2.45) is 5.14 Å². The SMILES string of the molecule is NS(=O)(=O)c1cc(F)c(C2=C(c3cccnc3)CCC2)cc1F. The average Bonchev–Trinajstić information content (AvgIpc) is 2.98. The van der Waals surface area contributed by atoms with Gasteiger partial charge in [0.15, 0.2) is 0 Å². The van der Waals surface area contributed by atoms with Gasteiger partial charge in [0.05, 0.1) is 0 Å². The minimum atomic E-state index is -4.30. The smallest absolute Gasteiger partial charge is 0.241 e. The standard InChI is InChI=1S/C16H14F2N2O2S/c17-14-8-16(23(19,21)22)15(18)7-13(14)12-5-1-4-11(12)10-3-2-6-20-9-10/h2-3,6-9H,1,4-5H2,(H2,19,21,22). The van der Waals surface area contributed by atoms with Crippen molar-refractivity contribution in [1.82, 2.24) is 4.98 Å². The van der Waals surface area contributed by atoms with E-state index in [4.69, 9.17) is 5.14 Å². The molecule has 0 saturated heterocycles. The monoisotopic (exact) mass is 336 g/mol. The first kappa shape index (κ1) is 15.8. The molecule has 7 heteroatoms. The molecule has 0 fully saturated rings. The highest BCUT2D eigenvalue weighted by atomic mass is 32.2. The third kappa shape index (κ3) is 3.02. The third-order valence-corrected chi connectivity index (χ3v) is 4.81. The minimum absolute atomic E-state index is 0.0752. The minimum Gasteiger partial charge on any atom is -0.264 e. The average molecular weight is 336 g/mol. The van der Waals surface area contributed by atoms with E-state index in [-0.39, 0.29) is 5.56 Å². The molecule has 2 N–H and O–H groups in total. The lowest BCUT2D eigenvalue weighted by molar-refractivity contribution is 0.552. The van der Waals surface area contributed by atoms with Crippen molar-refractivity contribution in [2.75, 3.05) is 0 Å². The Hall–Kier alpha value is -2.12. The van der Waals surface area contributed by atoms with E-state index >= 15 is 0 Å². The van der Waals surface area contributed by atoms with Crippen LogP contribution >= 0.6 is 0 Å². The Bertz CT molecular complexity index is 894. The second-order valence-electron chi connectivity index (χ2n) is 5.36. The van der Waals surface area contributed by atoms with Gasteiger partial charge in [0, 0.05) is 18.0 Å². The number of rotatable bonds is 3. The molecule has 0 radical (unpaired) electrons. The molecule has 120 valence electrons. The zero-order valence-electron chi connectivity index (χ0n) is 12.1. The van der Waals surface area contributed by atoms with Crippen LogP contribution in [-0.2, 0) is 10.0 Å². The first-order valence-electron chi connectivity index (χ1n) is 7.02. The number of aromatic nitrogens is 1. The van der Waals surface area contributed by atoms with Crippen molar-refractivity contribution in [3.8, 4) is 0 Å². The van der Waals surface area contributed by atoms with Crippen LogP contribution in [0.25, 0.3) is 11.1 Å². The second-order valence-corrected chi connectivity index (χ2v) is 6.89. The highest BCUT2D eigenvalue weighted by Crippen LogP contribution is 2.40. The van der Waals surface area contributed by atoms with E-state index in [1.165, 1.54) is 0 Å². The van der Waals surface area contributed by atoms with E-state index in [1.807, 2.05) is 6.07 Å². The maximum atomic E-state index is 14.4. The van der Waals surface area contributed by atoms with E-state index in [0.29, 0.717) is 18.1 Å². The zero-order valence-corrected chi connectivity index (χ0v) is 12.9. The first-order chi connectivity index (χ1) is 10.9. The summed E-state index contributed by atoms with van der Waals surface area (Å²) in [5, 5.41) is 4.89. The quantitative estimate of drug-likeness (QED) is 0.936. The lowest BCUT2D eigenvalue weighted by Crippen LogP contribution is -2.15. The van der Waals surface area contributed by atoms with E-state index < -0.39 is 26.6 Å². The molecule has 0 amide bonds. The fraction of sp³-hybridized carbons (Fsp3) is 0.188. The van der Waals surface area contributed by atoms with Crippen molar-refractivity contribution in [3.63, 3.8) is 0 Å². The molecule has 0 unspecified atom stereocenters. The van der Waals surface area contributed by atoms with Gasteiger partial charge in [-0.2, -0.15) is 0 Å². The lowest BCUT2D eigenvalue weighted by Gasteiger charge is -2.11. The Kier molecular flexibility index (Phi) is 3.99. The predicted octanol–water partition coefficient (Wildman–Crippen LogP) is 3.10. The number of nitrogens with two attached hydrogens (primary N) is 1. The summed E-state index contributed by atoms with van der Waals surface area (Å²) in [4.78, 5) is 3.21. The van der Waals surface area contributed by atoms with Crippen LogP contribution in [0.15, 0.2) is 41.6 Å². The largest absolute Gasteiger partial charge is 0.264 e. The van der Waals surface area contributed by atoms with E-state index in [2.05, 4.69) is 4.98 Å². The van der Waals surface area contributed by atoms with Gasteiger partial charge in [0.1, 0.15) is 16.5 Å². The van der Waals surface area contributed by atoms with Gasteiger partial charge in [-0.05, 0) is 54.2 Å². The summed E-state index contributed by atoms with van der Waals surface area (Å²) in [5.41, 5.74) is 2.51. The van der Waals surface area contributed by atoms with Crippen LogP contribution in [0.2, 0.25) is 0 Å². The van der Waals surface area contributed by atoms with Crippen LogP contribution in [0, 0.1) is 11.6 Å². The first-order valence-corrected chi connectivity index (χ1v) is 8.57. The number of hydrogen-bond donors (Lipinski definition) is 1. The van der Waals surface area contributed by atoms with E-state index in [0.717, 1.165) is 30.0 Å². The van der Waals surface area contributed by atoms with Crippen LogP contribution in [-0.4, -0.2) is 13.4 Å². The molecule has 2 aromatic rings. The van der Waals surface area contributed by atoms with Gasteiger partial charge in [0.2, 0.25) is 10.0 Å². The van der Waals surface area contributed by atoms with Gasteiger partial charge in [-0.25, -0.2) is 22.3 Å².